The van der Waals surface area contributed by atoms with Gasteiger partial charge in [-0.3, -0.25) is 0 Å². The fraction of sp³-hybridized carbons (Fsp3) is 1.00. The lowest BCUT2D eigenvalue weighted by atomic mass is 9.84. The summed E-state index contributed by atoms with van der Waals surface area (Å²) in [5.41, 5.74) is 5.78. The van der Waals surface area contributed by atoms with Gasteiger partial charge in [0.1, 0.15) is 23.9 Å². The smallest absolute Gasteiger partial charge is 0.187 e. The molecule has 1 aliphatic rings. The van der Waals surface area contributed by atoms with E-state index in [4.69, 9.17) is 32.6 Å². The van der Waals surface area contributed by atoms with Crippen molar-refractivity contribution in [3.63, 3.8) is 0 Å². The molecule has 0 bridgehead atoms. The van der Waals surface area contributed by atoms with Gasteiger partial charge in [0.05, 0.1) is 6.61 Å². The Kier molecular flexibility index (Phi) is 10.9. The van der Waals surface area contributed by atoms with Crippen LogP contribution < -0.4 is 5.73 Å². The minimum atomic E-state index is -2.09. The molecule has 1 heterocycles. The van der Waals surface area contributed by atoms with Crippen molar-refractivity contribution in [1.82, 2.24) is 0 Å². The molecule has 0 aliphatic carbocycles. The van der Waals surface area contributed by atoms with Crippen molar-refractivity contribution in [1.29, 1.82) is 0 Å². The summed E-state index contributed by atoms with van der Waals surface area (Å²) in [6.07, 6.45) is -1.83. The summed E-state index contributed by atoms with van der Waals surface area (Å²) in [4.78, 5) is 0. The highest BCUT2D eigenvalue weighted by atomic mass is 28.4. The largest absolute Gasteiger partial charge is 0.415 e. The zero-order valence-electron chi connectivity index (χ0n) is 24.8. The molecule has 0 radical (unpaired) electrons. The van der Waals surface area contributed by atoms with Crippen molar-refractivity contribution in [2.45, 2.75) is 128 Å². The maximum absolute atomic E-state index is 7.06. The average Bonchev–Trinajstić information content (AvgIpc) is 2.53. The molecule has 12 heteroatoms. The molecule has 0 aromatic heterocycles. The Labute approximate surface area is 215 Å². The molecule has 0 aromatic rings. The van der Waals surface area contributed by atoms with Gasteiger partial charge in [0.25, 0.3) is 0 Å². The van der Waals surface area contributed by atoms with Crippen LogP contribution in [0.3, 0.4) is 0 Å². The van der Waals surface area contributed by atoms with E-state index in [9.17, 15) is 0 Å². The molecule has 1 saturated heterocycles. The Morgan fingerprint density at radius 2 is 1.06 bits per heavy atom. The molecule has 34 heavy (non-hydrogen) atoms. The van der Waals surface area contributed by atoms with E-state index in [0.29, 0.717) is 6.61 Å². The van der Waals surface area contributed by atoms with Crippen LogP contribution in [0.25, 0.3) is 0 Å². The third-order valence-corrected chi connectivity index (χ3v) is 9.67. The van der Waals surface area contributed by atoms with Gasteiger partial charge in [-0.15, -0.1) is 0 Å². The van der Waals surface area contributed by atoms with Crippen LogP contribution in [0.15, 0.2) is 0 Å². The Balaban J connectivity index is 3.77. The standard InChI is InChI=1S/C22H55NO6Si5/c1-30(2,3)24-16-18-19(26-31(4,5)6)22(17-23,29-34(13,14)15)20(27-32(7,8)9)21(25-18)28-33(10,11)12/h18-21H,16-17,23H2,1-15H3/t18-,19-,20-,21-,22+/m1/s1. The lowest BCUT2D eigenvalue weighted by molar-refractivity contribution is -0.299. The molecule has 5 atom stereocenters. The van der Waals surface area contributed by atoms with Crippen molar-refractivity contribution in [2.24, 2.45) is 5.73 Å². The van der Waals surface area contributed by atoms with Crippen LogP contribution in [-0.4, -0.2) is 84.9 Å². The van der Waals surface area contributed by atoms with Gasteiger partial charge in [0.2, 0.25) is 0 Å². The summed E-state index contributed by atoms with van der Waals surface area (Å²) in [5, 5.41) is 0. The van der Waals surface area contributed by atoms with Crippen molar-refractivity contribution in [3.05, 3.63) is 0 Å². The minimum absolute atomic E-state index is 0.264. The molecule has 1 rings (SSSR count). The molecule has 1 fully saturated rings. The maximum Gasteiger partial charge on any atom is 0.187 e. The van der Waals surface area contributed by atoms with Crippen molar-refractivity contribution in [2.75, 3.05) is 13.2 Å². The summed E-state index contributed by atoms with van der Waals surface area (Å²) < 4.78 is 40.6. The summed E-state index contributed by atoms with van der Waals surface area (Å²) in [5.74, 6) is 0. The normalized spacial score (nSPS) is 30.0. The van der Waals surface area contributed by atoms with Crippen molar-refractivity contribution < 1.29 is 26.9 Å². The number of nitrogens with two attached hydrogens (primary N) is 1. The van der Waals surface area contributed by atoms with E-state index >= 15 is 0 Å². The zero-order valence-corrected chi connectivity index (χ0v) is 29.8. The Hall–Kier alpha value is 0.804. The third kappa shape index (κ3) is 11.0. The first-order chi connectivity index (χ1) is 14.9. The molecular formula is C22H55NO6Si5. The lowest BCUT2D eigenvalue weighted by Crippen LogP contribution is -2.76. The van der Waals surface area contributed by atoms with Crippen LogP contribution in [0.5, 0.6) is 0 Å². The fourth-order valence-electron chi connectivity index (χ4n) is 3.97. The summed E-state index contributed by atoms with van der Waals surface area (Å²) in [6, 6.07) is 0. The fourth-order valence-corrected chi connectivity index (χ4v) is 9.15. The molecule has 7 nitrogen and oxygen atoms in total. The molecule has 0 unspecified atom stereocenters. The van der Waals surface area contributed by atoms with Crippen molar-refractivity contribution >= 4 is 41.6 Å². The van der Waals surface area contributed by atoms with Gasteiger partial charge >= 0.3 is 0 Å². The Bertz CT molecular complexity index is 651. The summed E-state index contributed by atoms with van der Waals surface area (Å²) in [7, 11) is -9.94. The molecule has 0 saturated carbocycles. The van der Waals surface area contributed by atoms with Crippen LogP contribution in [0.4, 0.5) is 0 Å². The van der Waals surface area contributed by atoms with E-state index in [1.165, 1.54) is 0 Å². The molecule has 0 amide bonds. The molecule has 0 spiro atoms. The Morgan fingerprint density at radius 3 is 1.41 bits per heavy atom. The molecule has 1 aliphatic heterocycles. The quantitative estimate of drug-likeness (QED) is 0.315. The molecule has 0 aromatic carbocycles. The molecular weight excluding hydrogens is 515 g/mol. The van der Waals surface area contributed by atoms with Crippen LogP contribution in [-0.2, 0) is 26.9 Å². The van der Waals surface area contributed by atoms with Gasteiger partial charge in [-0.05, 0) is 98.2 Å². The van der Waals surface area contributed by atoms with Crippen molar-refractivity contribution in [3.8, 4) is 0 Å². The Morgan fingerprint density at radius 1 is 0.618 bits per heavy atom. The van der Waals surface area contributed by atoms with Gasteiger partial charge in [-0.2, -0.15) is 0 Å². The number of hydrogen-bond acceptors (Lipinski definition) is 7. The van der Waals surface area contributed by atoms with Crippen LogP contribution >= 0.6 is 0 Å². The van der Waals surface area contributed by atoms with Gasteiger partial charge in [-0.25, -0.2) is 0 Å². The SMILES string of the molecule is C[Si](C)(C)OC[C@H]1O[C@H](O[Si](C)(C)C)[C@@H](O[Si](C)(C)C)[C@@](CN)(O[Si](C)(C)C)[C@@H]1O[Si](C)(C)C. The summed E-state index contributed by atoms with van der Waals surface area (Å²) in [6.45, 7) is 33.5. The van der Waals surface area contributed by atoms with E-state index in [1.807, 2.05) is 0 Å². The van der Waals surface area contributed by atoms with E-state index in [-0.39, 0.29) is 12.6 Å². The molecule has 204 valence electrons. The van der Waals surface area contributed by atoms with E-state index in [2.05, 4.69) is 98.2 Å². The predicted molar refractivity (Wildman–Crippen MR) is 155 cm³/mol. The van der Waals surface area contributed by atoms with E-state index in [0.717, 1.165) is 0 Å². The third-order valence-electron chi connectivity index (χ3n) is 4.78. The number of rotatable bonds is 12. The first kappa shape index (κ1) is 32.8. The highest BCUT2D eigenvalue weighted by Gasteiger charge is 2.61. The molecule has 2 N–H and O–H groups in total. The average molecular weight is 570 g/mol. The zero-order chi connectivity index (χ0) is 27.0. The number of ether oxygens (including phenoxy) is 1. The minimum Gasteiger partial charge on any atom is -0.415 e. The second-order valence-corrected chi connectivity index (χ2v) is 36.7. The van der Waals surface area contributed by atoms with Crippen LogP contribution in [0, 0.1) is 0 Å². The van der Waals surface area contributed by atoms with Gasteiger partial charge in [-0.1, -0.05) is 0 Å². The van der Waals surface area contributed by atoms with Gasteiger partial charge < -0.3 is 32.6 Å². The monoisotopic (exact) mass is 569 g/mol. The van der Waals surface area contributed by atoms with Crippen LogP contribution in [0.2, 0.25) is 98.2 Å². The first-order valence-corrected chi connectivity index (χ1v) is 29.6. The van der Waals surface area contributed by atoms with E-state index in [1.54, 1.807) is 0 Å². The predicted octanol–water partition coefficient (Wildman–Crippen LogP) is 5.40. The second-order valence-electron chi connectivity index (χ2n) is 14.4. The number of hydrogen-bond donors (Lipinski definition) is 1. The van der Waals surface area contributed by atoms with Gasteiger partial charge in [0.15, 0.2) is 47.9 Å². The van der Waals surface area contributed by atoms with Crippen LogP contribution in [0.1, 0.15) is 0 Å². The maximum atomic E-state index is 7.06. The second kappa shape index (κ2) is 11.3. The highest BCUT2D eigenvalue weighted by molar-refractivity contribution is 6.71. The first-order valence-electron chi connectivity index (χ1n) is 12.6. The lowest BCUT2D eigenvalue weighted by Gasteiger charge is -2.58. The van der Waals surface area contributed by atoms with E-state index < -0.39 is 65.7 Å². The van der Waals surface area contributed by atoms with Gasteiger partial charge in [0, 0.05) is 6.54 Å². The topological polar surface area (TPSA) is 81.4 Å². The summed E-state index contributed by atoms with van der Waals surface area (Å²) >= 11 is 0. The highest BCUT2D eigenvalue weighted by Crippen LogP contribution is 2.42.